The molecule has 0 spiro atoms. The molecule has 4 heteroatoms. The summed E-state index contributed by atoms with van der Waals surface area (Å²) < 4.78 is 6.05. The molecule has 0 saturated carbocycles. The average molecular weight is 418 g/mol. The van der Waals surface area contributed by atoms with Gasteiger partial charge in [0.2, 0.25) is 0 Å². The molecule has 0 aromatic carbocycles. The van der Waals surface area contributed by atoms with Crippen LogP contribution in [0, 0.1) is 0 Å². The third-order valence-corrected chi connectivity index (χ3v) is 21.4. The minimum atomic E-state index is -2.31. The van der Waals surface area contributed by atoms with Crippen molar-refractivity contribution >= 4 is 24.5 Å². The normalized spacial score (nSPS) is 12.5. The van der Waals surface area contributed by atoms with Crippen molar-refractivity contribution in [3.63, 3.8) is 0 Å². The molecule has 3 nitrogen and oxygen atoms in total. The topological polar surface area (TPSA) is 49.3 Å². The molecular weight excluding hydrogens is 381 g/mol. The van der Waals surface area contributed by atoms with E-state index in [9.17, 15) is 4.79 Å². The van der Waals surface area contributed by atoms with Gasteiger partial charge in [0, 0.05) is 0 Å². The summed E-state index contributed by atoms with van der Waals surface area (Å²) in [6.45, 7) is 9.62. The van der Waals surface area contributed by atoms with Gasteiger partial charge in [-0.25, -0.2) is 0 Å². The fourth-order valence-corrected chi connectivity index (χ4v) is 20.8. The first-order valence-corrected chi connectivity index (χ1v) is 16.7. The van der Waals surface area contributed by atoms with Gasteiger partial charge in [0.1, 0.15) is 0 Å². The Bertz CT molecular complexity index is 307. The fourth-order valence-electron chi connectivity index (χ4n) is 3.42. The second kappa shape index (κ2) is 13.3. The van der Waals surface area contributed by atoms with E-state index >= 15 is 0 Å². The van der Waals surface area contributed by atoms with Crippen LogP contribution in [0.15, 0.2) is 9.67 Å². The Morgan fingerprint density at radius 2 is 1.45 bits per heavy atom. The molecule has 0 heterocycles. The maximum atomic E-state index is 10.7. The van der Waals surface area contributed by atoms with Crippen molar-refractivity contribution in [1.82, 2.24) is 5.32 Å². The molecule has 0 aromatic rings. The molecular formula is C18H37NO2Sn. The van der Waals surface area contributed by atoms with Crippen LogP contribution in [0.3, 0.4) is 0 Å². The zero-order chi connectivity index (χ0) is 16.8. The number of rotatable bonds is 13. The van der Waals surface area contributed by atoms with E-state index in [2.05, 4.69) is 39.1 Å². The minimum absolute atomic E-state index is 0.581. The zero-order valence-electron chi connectivity index (χ0n) is 15.2. The SMILES string of the molecule is C/C=[C](/CCNC(=O)O)[Sn]([CH2]CCC)([CH2]CCC)[CH2]CCC. The molecule has 0 radical (unpaired) electrons. The predicted molar refractivity (Wildman–Crippen MR) is 99.3 cm³/mol. The number of carboxylic acid groups (broad SMARTS) is 1. The molecule has 0 fully saturated rings. The van der Waals surface area contributed by atoms with Crippen molar-refractivity contribution in [1.29, 1.82) is 0 Å². The first kappa shape index (κ1) is 21.8. The van der Waals surface area contributed by atoms with Gasteiger partial charge in [-0.15, -0.1) is 0 Å². The number of hydrogen-bond donors (Lipinski definition) is 2. The van der Waals surface area contributed by atoms with Crippen LogP contribution in [0.2, 0.25) is 13.3 Å². The molecule has 0 aromatic heterocycles. The van der Waals surface area contributed by atoms with Crippen molar-refractivity contribution in [3.05, 3.63) is 9.67 Å². The first-order valence-electron chi connectivity index (χ1n) is 9.18. The number of carbonyl (C=O) groups is 1. The molecule has 0 aliphatic carbocycles. The summed E-state index contributed by atoms with van der Waals surface area (Å²) in [5.74, 6) is 0. The molecule has 0 unspecified atom stereocenters. The van der Waals surface area contributed by atoms with Gasteiger partial charge in [-0.05, 0) is 0 Å². The third kappa shape index (κ3) is 8.44. The molecule has 0 bridgehead atoms. The van der Waals surface area contributed by atoms with Gasteiger partial charge in [-0.3, -0.25) is 0 Å². The zero-order valence-corrected chi connectivity index (χ0v) is 18.1. The molecule has 130 valence electrons. The van der Waals surface area contributed by atoms with E-state index in [0.29, 0.717) is 6.54 Å². The summed E-state index contributed by atoms with van der Waals surface area (Å²) in [6, 6.07) is 0. The second-order valence-electron chi connectivity index (χ2n) is 6.39. The van der Waals surface area contributed by atoms with E-state index < -0.39 is 24.5 Å². The summed E-state index contributed by atoms with van der Waals surface area (Å²) >= 11 is -2.31. The number of unbranched alkanes of at least 4 members (excludes halogenated alkanes) is 3. The number of nitrogens with one attached hydrogen (secondary N) is 1. The molecule has 0 atom stereocenters. The summed E-state index contributed by atoms with van der Waals surface area (Å²) in [4.78, 5) is 10.7. The summed E-state index contributed by atoms with van der Waals surface area (Å²) in [6.07, 6.45) is 10.3. The van der Waals surface area contributed by atoms with E-state index in [4.69, 9.17) is 5.11 Å². The van der Waals surface area contributed by atoms with Crippen LogP contribution >= 0.6 is 0 Å². The Labute approximate surface area is 141 Å². The van der Waals surface area contributed by atoms with Gasteiger partial charge in [-0.2, -0.15) is 0 Å². The van der Waals surface area contributed by atoms with Crippen molar-refractivity contribution in [3.8, 4) is 0 Å². The van der Waals surface area contributed by atoms with Gasteiger partial charge in [0.25, 0.3) is 0 Å². The van der Waals surface area contributed by atoms with Crippen LogP contribution < -0.4 is 5.32 Å². The van der Waals surface area contributed by atoms with Gasteiger partial charge in [0.05, 0.1) is 0 Å². The number of allylic oxidation sites excluding steroid dienone is 1. The van der Waals surface area contributed by atoms with E-state index in [0.717, 1.165) is 6.42 Å². The Morgan fingerprint density at radius 3 is 1.77 bits per heavy atom. The molecule has 2 N–H and O–H groups in total. The summed E-state index contributed by atoms with van der Waals surface area (Å²) in [5, 5.41) is 11.4. The van der Waals surface area contributed by atoms with E-state index in [1.807, 2.05) is 0 Å². The molecule has 0 saturated heterocycles. The number of amides is 1. The van der Waals surface area contributed by atoms with Crippen LogP contribution in [0.1, 0.15) is 72.6 Å². The van der Waals surface area contributed by atoms with Crippen LogP contribution in [0.25, 0.3) is 0 Å². The molecule has 0 aliphatic heterocycles. The monoisotopic (exact) mass is 419 g/mol. The number of hydrogen-bond acceptors (Lipinski definition) is 1. The van der Waals surface area contributed by atoms with Gasteiger partial charge in [0.15, 0.2) is 0 Å². The van der Waals surface area contributed by atoms with Gasteiger partial charge in [-0.1, -0.05) is 0 Å². The fraction of sp³-hybridized carbons (Fsp3) is 0.833. The van der Waals surface area contributed by atoms with Crippen LogP contribution in [0.4, 0.5) is 4.79 Å². The third-order valence-electron chi connectivity index (χ3n) is 4.73. The first-order chi connectivity index (χ1) is 10.6. The van der Waals surface area contributed by atoms with E-state index in [-0.39, 0.29) is 0 Å². The summed E-state index contributed by atoms with van der Waals surface area (Å²) in [5.41, 5.74) is 0. The Hall–Kier alpha value is -0.191. The van der Waals surface area contributed by atoms with Crippen LogP contribution in [0.5, 0.6) is 0 Å². The quantitative estimate of drug-likeness (QED) is 0.362. The molecule has 0 aliphatic rings. The van der Waals surface area contributed by atoms with Crippen molar-refractivity contribution in [2.24, 2.45) is 0 Å². The maximum absolute atomic E-state index is 10.7. The van der Waals surface area contributed by atoms with Crippen LogP contribution in [-0.2, 0) is 0 Å². The van der Waals surface area contributed by atoms with E-state index in [1.165, 1.54) is 51.8 Å². The molecule has 22 heavy (non-hydrogen) atoms. The Morgan fingerprint density at radius 1 is 1.00 bits per heavy atom. The standard InChI is InChI=1S/C6H10NO2.3C4H9.Sn/c1-2-3-4-5-7-6(8)9;3*1-3-4-2;/h2,7H,4-5H2,1H3,(H,8,9);3*1,3-4H2,2H3;. The summed E-state index contributed by atoms with van der Waals surface area (Å²) in [7, 11) is 0. The van der Waals surface area contributed by atoms with Gasteiger partial charge >= 0.3 is 142 Å². The van der Waals surface area contributed by atoms with Crippen molar-refractivity contribution in [2.45, 2.75) is 86.0 Å². The Balaban J connectivity index is 5.09. The second-order valence-corrected chi connectivity index (χ2v) is 19.8. The molecule has 1 amide bonds. The van der Waals surface area contributed by atoms with Crippen molar-refractivity contribution < 1.29 is 9.90 Å². The van der Waals surface area contributed by atoms with Crippen molar-refractivity contribution in [2.75, 3.05) is 6.54 Å². The Kier molecular flexibility index (Phi) is 13.2. The van der Waals surface area contributed by atoms with Gasteiger partial charge < -0.3 is 0 Å². The molecule has 0 rings (SSSR count). The predicted octanol–water partition coefficient (Wildman–Crippen LogP) is 5.98. The van der Waals surface area contributed by atoms with E-state index in [1.54, 1.807) is 3.59 Å². The van der Waals surface area contributed by atoms with Crippen LogP contribution in [-0.4, -0.2) is 36.1 Å². The average Bonchev–Trinajstić information content (AvgIpc) is 2.51.